The van der Waals surface area contributed by atoms with Crippen LogP contribution in [-0.2, 0) is 13.7 Å². The van der Waals surface area contributed by atoms with Crippen LogP contribution >= 0.6 is 11.7 Å². The Morgan fingerprint density at radius 3 is 2.75 bits per heavy atom. The van der Waals surface area contributed by atoms with Crippen molar-refractivity contribution in [3.63, 3.8) is 0 Å². The lowest BCUT2D eigenvalue weighted by atomic mass is 10.2. The van der Waals surface area contributed by atoms with Crippen LogP contribution in [0.1, 0.15) is 5.56 Å². The molecule has 3 rings (SSSR count). The Hall–Kier alpha value is -2.27. The number of pyridine rings is 1. The molecule has 3 aromatic rings. The molecule has 0 spiro atoms. The number of hydrogen-bond acceptors (Lipinski definition) is 4. The molecule has 0 atom stereocenters. The van der Waals surface area contributed by atoms with E-state index in [0.29, 0.717) is 12.5 Å². The fourth-order valence-electron chi connectivity index (χ4n) is 1.91. The Morgan fingerprint density at radius 1 is 1.10 bits per heavy atom. The predicted molar refractivity (Wildman–Crippen MR) is 77.3 cm³/mol. The van der Waals surface area contributed by atoms with Crippen LogP contribution in [0.4, 0.5) is 0 Å². The van der Waals surface area contributed by atoms with Crippen molar-refractivity contribution in [3.8, 4) is 17.1 Å². The molecule has 0 bridgehead atoms. The largest absolute Gasteiger partial charge is 0.471 e. The molecule has 0 N–H and O–H groups in total. The third-order valence-electron chi connectivity index (χ3n) is 2.89. The summed E-state index contributed by atoms with van der Waals surface area (Å²) in [4.78, 5) is 0. The zero-order valence-corrected chi connectivity index (χ0v) is 11.9. The normalized spacial score (nSPS) is 10.4. The number of aromatic nitrogens is 3. The van der Waals surface area contributed by atoms with Crippen LogP contribution < -0.4 is 9.30 Å². The molecule has 0 amide bonds. The van der Waals surface area contributed by atoms with E-state index in [1.54, 1.807) is 0 Å². The summed E-state index contributed by atoms with van der Waals surface area (Å²) in [5.74, 6) is 0.588. The Bertz CT molecular complexity index is 697. The fourth-order valence-corrected chi connectivity index (χ4v) is 2.42. The maximum absolute atomic E-state index is 5.79. The monoisotopic (exact) mass is 284 g/mol. The molecule has 0 unspecified atom stereocenters. The standard InChI is InChI=1S/C15H14N3OS/c1-18-9-5-8-13(10-18)14-15(17-20-16-14)19-11-12-6-3-2-4-7-12/h2-10H,11H2,1H3/q+1. The first kappa shape index (κ1) is 12.7. The quantitative estimate of drug-likeness (QED) is 0.691. The van der Waals surface area contributed by atoms with E-state index in [9.17, 15) is 0 Å². The smallest absolute Gasteiger partial charge is 0.254 e. The molecule has 0 saturated heterocycles. The molecule has 0 aliphatic carbocycles. The number of ether oxygens (including phenoxy) is 1. The summed E-state index contributed by atoms with van der Waals surface area (Å²) < 4.78 is 16.3. The van der Waals surface area contributed by atoms with E-state index in [2.05, 4.69) is 8.75 Å². The molecule has 0 aliphatic rings. The Morgan fingerprint density at radius 2 is 1.95 bits per heavy atom. The molecule has 4 nitrogen and oxygen atoms in total. The molecule has 0 aliphatic heterocycles. The topological polar surface area (TPSA) is 38.9 Å². The molecular weight excluding hydrogens is 270 g/mol. The number of hydrogen-bond donors (Lipinski definition) is 0. The zero-order chi connectivity index (χ0) is 13.8. The van der Waals surface area contributed by atoms with E-state index in [0.717, 1.165) is 16.8 Å². The third kappa shape index (κ3) is 2.83. The van der Waals surface area contributed by atoms with Crippen LogP contribution in [0, 0.1) is 0 Å². The van der Waals surface area contributed by atoms with Gasteiger partial charge in [0.05, 0.1) is 17.3 Å². The van der Waals surface area contributed by atoms with Gasteiger partial charge in [-0.2, -0.15) is 4.37 Å². The van der Waals surface area contributed by atoms with E-state index >= 15 is 0 Å². The van der Waals surface area contributed by atoms with Gasteiger partial charge in [-0.25, -0.2) is 4.57 Å². The van der Waals surface area contributed by atoms with Crippen molar-refractivity contribution in [3.05, 3.63) is 60.4 Å². The van der Waals surface area contributed by atoms with E-state index in [1.807, 2.05) is 66.5 Å². The van der Waals surface area contributed by atoms with Gasteiger partial charge in [0.1, 0.15) is 13.7 Å². The highest BCUT2D eigenvalue weighted by Crippen LogP contribution is 2.27. The Balaban J connectivity index is 1.80. The van der Waals surface area contributed by atoms with E-state index in [1.165, 1.54) is 11.7 Å². The first-order valence-corrected chi connectivity index (χ1v) is 7.01. The van der Waals surface area contributed by atoms with E-state index in [-0.39, 0.29) is 0 Å². The SMILES string of the molecule is C[n+]1cccc(-c2nsnc2OCc2ccccc2)c1. The van der Waals surface area contributed by atoms with Crippen LogP contribution in [-0.4, -0.2) is 8.75 Å². The van der Waals surface area contributed by atoms with Crippen LogP contribution in [0.25, 0.3) is 11.3 Å². The van der Waals surface area contributed by atoms with E-state index in [4.69, 9.17) is 4.74 Å². The van der Waals surface area contributed by atoms with Gasteiger partial charge in [-0.3, -0.25) is 0 Å². The second-order valence-corrected chi connectivity index (χ2v) is 4.98. The molecule has 100 valence electrons. The van der Waals surface area contributed by atoms with Crippen molar-refractivity contribution in [1.29, 1.82) is 0 Å². The summed E-state index contributed by atoms with van der Waals surface area (Å²) in [6, 6.07) is 14.0. The molecule has 0 radical (unpaired) electrons. The van der Waals surface area contributed by atoms with Crippen molar-refractivity contribution in [2.24, 2.45) is 7.05 Å². The highest BCUT2D eigenvalue weighted by Gasteiger charge is 2.14. The molecule has 0 saturated carbocycles. The van der Waals surface area contributed by atoms with Gasteiger partial charge in [0.25, 0.3) is 5.88 Å². The highest BCUT2D eigenvalue weighted by atomic mass is 32.1. The summed E-state index contributed by atoms with van der Waals surface area (Å²) in [6.45, 7) is 0.498. The van der Waals surface area contributed by atoms with Crippen molar-refractivity contribution < 1.29 is 9.30 Å². The number of nitrogens with zero attached hydrogens (tertiary/aromatic N) is 3. The zero-order valence-electron chi connectivity index (χ0n) is 11.1. The molecule has 20 heavy (non-hydrogen) atoms. The van der Waals surface area contributed by atoms with Crippen molar-refractivity contribution in [1.82, 2.24) is 8.75 Å². The van der Waals surface area contributed by atoms with Gasteiger partial charge in [0.2, 0.25) is 0 Å². The van der Waals surface area contributed by atoms with Crippen molar-refractivity contribution in [2.75, 3.05) is 0 Å². The predicted octanol–water partition coefficient (Wildman–Crippen LogP) is 2.61. The Kier molecular flexibility index (Phi) is 3.69. The average molecular weight is 284 g/mol. The summed E-state index contributed by atoms with van der Waals surface area (Å²) in [5, 5.41) is 0. The maximum Gasteiger partial charge on any atom is 0.254 e. The minimum absolute atomic E-state index is 0.498. The van der Waals surface area contributed by atoms with Crippen LogP contribution in [0.3, 0.4) is 0 Å². The number of benzene rings is 1. The summed E-state index contributed by atoms with van der Waals surface area (Å²) in [7, 11) is 1.98. The molecule has 1 aromatic carbocycles. The summed E-state index contributed by atoms with van der Waals surface area (Å²) in [5.41, 5.74) is 2.92. The number of aryl methyl sites for hydroxylation is 1. The van der Waals surface area contributed by atoms with Gasteiger partial charge in [-0.15, -0.1) is 4.37 Å². The summed E-state index contributed by atoms with van der Waals surface area (Å²) in [6.07, 6.45) is 3.99. The first-order chi connectivity index (χ1) is 9.83. The molecule has 5 heteroatoms. The molecule has 2 heterocycles. The highest BCUT2D eigenvalue weighted by molar-refractivity contribution is 6.99. The minimum Gasteiger partial charge on any atom is -0.471 e. The first-order valence-electron chi connectivity index (χ1n) is 6.28. The minimum atomic E-state index is 0.498. The van der Waals surface area contributed by atoms with Crippen molar-refractivity contribution in [2.45, 2.75) is 6.61 Å². The van der Waals surface area contributed by atoms with Gasteiger partial charge in [-0.1, -0.05) is 30.3 Å². The van der Waals surface area contributed by atoms with Crippen LogP contribution in [0.2, 0.25) is 0 Å². The second-order valence-electron chi connectivity index (χ2n) is 4.45. The maximum atomic E-state index is 5.79. The van der Waals surface area contributed by atoms with Gasteiger partial charge in [-0.05, 0) is 11.6 Å². The fraction of sp³-hybridized carbons (Fsp3) is 0.133. The summed E-state index contributed by atoms with van der Waals surface area (Å²) >= 11 is 1.17. The average Bonchev–Trinajstić information content (AvgIpc) is 2.95. The van der Waals surface area contributed by atoms with Gasteiger partial charge in [0.15, 0.2) is 18.1 Å². The lowest BCUT2D eigenvalue weighted by molar-refractivity contribution is -0.671. The third-order valence-corrected chi connectivity index (χ3v) is 3.40. The van der Waals surface area contributed by atoms with Gasteiger partial charge >= 0.3 is 0 Å². The van der Waals surface area contributed by atoms with Crippen molar-refractivity contribution >= 4 is 11.7 Å². The molecular formula is C15H14N3OS+. The van der Waals surface area contributed by atoms with Gasteiger partial charge in [0, 0.05) is 6.07 Å². The number of rotatable bonds is 4. The Labute approximate surface area is 121 Å². The second kappa shape index (κ2) is 5.79. The molecule has 0 fully saturated rings. The van der Waals surface area contributed by atoms with Gasteiger partial charge < -0.3 is 4.74 Å². The van der Waals surface area contributed by atoms with Crippen LogP contribution in [0.5, 0.6) is 5.88 Å². The molecule has 2 aromatic heterocycles. The van der Waals surface area contributed by atoms with Crippen LogP contribution in [0.15, 0.2) is 54.9 Å². The lowest BCUT2D eigenvalue weighted by Gasteiger charge is -2.04. The lowest BCUT2D eigenvalue weighted by Crippen LogP contribution is -2.26. The van der Waals surface area contributed by atoms with E-state index < -0.39 is 0 Å².